The summed E-state index contributed by atoms with van der Waals surface area (Å²) in [6.07, 6.45) is 1.49. The maximum atomic E-state index is 13.9. The number of carbonyl (C=O) groups excluding carboxylic acids is 1. The predicted octanol–water partition coefficient (Wildman–Crippen LogP) is 6.18. The molecule has 3 aromatic carbocycles. The fourth-order valence-corrected chi connectivity index (χ4v) is 3.97. The number of nitrogens with zero attached hydrogens (tertiary/aromatic N) is 1. The zero-order valence-electron chi connectivity index (χ0n) is 18.4. The molecule has 0 saturated carbocycles. The minimum atomic E-state index is -0.502. The first-order chi connectivity index (χ1) is 15.8. The van der Waals surface area contributed by atoms with Crippen LogP contribution in [0.15, 0.2) is 60.2 Å². The van der Waals surface area contributed by atoms with Gasteiger partial charge in [-0.05, 0) is 77.9 Å². The Labute approximate surface area is 206 Å². The zero-order valence-corrected chi connectivity index (χ0v) is 20.6. The predicted molar refractivity (Wildman–Crippen MR) is 135 cm³/mol. The van der Waals surface area contributed by atoms with E-state index < -0.39 is 5.91 Å². The van der Waals surface area contributed by atoms with E-state index in [1.54, 1.807) is 30.3 Å². The fraction of sp³-hybridized carbons (Fsp3) is 0.154. The monoisotopic (exact) mass is 556 g/mol. The number of benzene rings is 3. The van der Waals surface area contributed by atoms with Gasteiger partial charge >= 0.3 is 0 Å². The Morgan fingerprint density at radius 3 is 2.61 bits per heavy atom. The number of nitriles is 1. The van der Waals surface area contributed by atoms with Crippen molar-refractivity contribution in [2.45, 2.75) is 20.5 Å². The lowest BCUT2D eigenvalue weighted by Gasteiger charge is -2.14. The molecule has 0 saturated heterocycles. The molecule has 0 aliphatic heterocycles. The zero-order chi connectivity index (χ0) is 24.0. The van der Waals surface area contributed by atoms with Crippen LogP contribution in [0.5, 0.6) is 11.5 Å². The molecule has 0 aromatic heterocycles. The highest BCUT2D eigenvalue weighted by Crippen LogP contribution is 2.35. The van der Waals surface area contributed by atoms with E-state index in [1.165, 1.54) is 19.3 Å². The third kappa shape index (κ3) is 6.11. The molecule has 1 amide bonds. The first-order valence-corrected chi connectivity index (χ1v) is 11.1. The van der Waals surface area contributed by atoms with Gasteiger partial charge in [-0.3, -0.25) is 4.79 Å². The second-order valence-electron chi connectivity index (χ2n) is 7.36. The average Bonchev–Trinajstić information content (AvgIpc) is 2.79. The highest BCUT2D eigenvalue weighted by atomic mass is 127. The van der Waals surface area contributed by atoms with E-state index in [4.69, 9.17) is 9.47 Å². The fourth-order valence-electron chi connectivity index (χ4n) is 3.19. The Morgan fingerprint density at radius 2 is 1.94 bits per heavy atom. The maximum Gasteiger partial charge on any atom is 0.266 e. The van der Waals surface area contributed by atoms with Crippen LogP contribution in [0.1, 0.15) is 22.3 Å². The van der Waals surface area contributed by atoms with E-state index in [-0.39, 0.29) is 18.0 Å². The summed E-state index contributed by atoms with van der Waals surface area (Å²) in [5.41, 5.74) is 3.62. The minimum absolute atomic E-state index is 0.0377. The highest BCUT2D eigenvalue weighted by Gasteiger charge is 2.15. The molecule has 0 spiro atoms. The van der Waals surface area contributed by atoms with Crippen molar-refractivity contribution < 1.29 is 18.7 Å². The van der Waals surface area contributed by atoms with Gasteiger partial charge in [0.2, 0.25) is 0 Å². The van der Waals surface area contributed by atoms with Gasteiger partial charge in [-0.15, -0.1) is 0 Å². The molecule has 168 valence electrons. The number of nitrogens with one attached hydrogen (secondary N) is 1. The van der Waals surface area contributed by atoms with Crippen LogP contribution in [-0.2, 0) is 11.4 Å². The summed E-state index contributed by atoms with van der Waals surface area (Å²) in [7, 11) is 1.49. The van der Waals surface area contributed by atoms with Gasteiger partial charge in [-0.25, -0.2) is 4.39 Å². The molecular formula is C26H22FIN2O3. The Balaban J connectivity index is 1.84. The normalized spacial score (nSPS) is 11.0. The van der Waals surface area contributed by atoms with E-state index in [1.807, 2.05) is 38.1 Å². The Bertz CT molecular complexity index is 1260. The lowest BCUT2D eigenvalue weighted by molar-refractivity contribution is -0.112. The molecule has 7 heteroatoms. The molecule has 0 heterocycles. The number of ether oxygens (including phenoxy) is 2. The summed E-state index contributed by atoms with van der Waals surface area (Å²) in [4.78, 5) is 12.7. The molecule has 0 aliphatic rings. The highest BCUT2D eigenvalue weighted by molar-refractivity contribution is 14.1. The first kappa shape index (κ1) is 24.3. The molecule has 0 fully saturated rings. The SMILES string of the molecule is COc1cc(/C=C(\C#N)C(=O)Nc2ccc(C)cc2C)cc(I)c1OCc1ccccc1F. The summed E-state index contributed by atoms with van der Waals surface area (Å²) in [6, 6.07) is 17.4. The van der Waals surface area contributed by atoms with E-state index >= 15 is 0 Å². The number of rotatable bonds is 7. The molecule has 0 aliphatic carbocycles. The van der Waals surface area contributed by atoms with E-state index in [2.05, 4.69) is 27.9 Å². The van der Waals surface area contributed by atoms with Gasteiger partial charge in [0.25, 0.3) is 5.91 Å². The molecule has 1 N–H and O–H groups in total. The van der Waals surface area contributed by atoms with Crippen LogP contribution in [0, 0.1) is 34.6 Å². The van der Waals surface area contributed by atoms with Gasteiger partial charge in [-0.1, -0.05) is 35.9 Å². The maximum absolute atomic E-state index is 13.9. The second-order valence-corrected chi connectivity index (χ2v) is 8.52. The van der Waals surface area contributed by atoms with Crippen molar-refractivity contribution in [3.8, 4) is 17.6 Å². The molecule has 0 radical (unpaired) electrons. The van der Waals surface area contributed by atoms with Crippen molar-refractivity contribution in [2.24, 2.45) is 0 Å². The third-order valence-electron chi connectivity index (χ3n) is 4.89. The summed E-state index contributed by atoms with van der Waals surface area (Å²) >= 11 is 2.08. The van der Waals surface area contributed by atoms with Crippen LogP contribution in [0.3, 0.4) is 0 Å². The van der Waals surface area contributed by atoms with Crippen molar-refractivity contribution in [1.29, 1.82) is 5.26 Å². The van der Waals surface area contributed by atoms with Crippen LogP contribution in [0.2, 0.25) is 0 Å². The molecule has 0 bridgehead atoms. The van der Waals surface area contributed by atoms with Crippen molar-refractivity contribution in [3.63, 3.8) is 0 Å². The minimum Gasteiger partial charge on any atom is -0.493 e. The number of methoxy groups -OCH3 is 1. The Kier molecular flexibility index (Phi) is 8.06. The standard InChI is InChI=1S/C26H22FIN2O3/c1-16-8-9-23(17(2)10-16)30-26(31)20(14-29)11-18-12-22(28)25(24(13-18)32-3)33-15-19-6-4-5-7-21(19)27/h4-13H,15H2,1-3H3,(H,30,31)/b20-11+. The number of anilines is 1. The summed E-state index contributed by atoms with van der Waals surface area (Å²) in [5, 5.41) is 12.3. The van der Waals surface area contributed by atoms with Crippen LogP contribution >= 0.6 is 22.6 Å². The van der Waals surface area contributed by atoms with Gasteiger partial charge in [-0.2, -0.15) is 5.26 Å². The van der Waals surface area contributed by atoms with Crippen LogP contribution in [-0.4, -0.2) is 13.0 Å². The number of aryl methyl sites for hydroxylation is 2. The van der Waals surface area contributed by atoms with E-state index in [9.17, 15) is 14.4 Å². The van der Waals surface area contributed by atoms with E-state index in [0.717, 1.165) is 11.1 Å². The van der Waals surface area contributed by atoms with Gasteiger partial charge in [0, 0.05) is 11.3 Å². The van der Waals surface area contributed by atoms with Gasteiger partial charge in [0.05, 0.1) is 10.7 Å². The number of hydrogen-bond donors (Lipinski definition) is 1. The van der Waals surface area contributed by atoms with Crippen LogP contribution < -0.4 is 14.8 Å². The Morgan fingerprint density at radius 1 is 1.18 bits per heavy atom. The number of hydrogen-bond acceptors (Lipinski definition) is 4. The smallest absolute Gasteiger partial charge is 0.266 e. The largest absolute Gasteiger partial charge is 0.493 e. The molecule has 5 nitrogen and oxygen atoms in total. The molecule has 0 atom stereocenters. The van der Waals surface area contributed by atoms with E-state index in [0.29, 0.717) is 31.9 Å². The molecular weight excluding hydrogens is 534 g/mol. The van der Waals surface area contributed by atoms with Gasteiger partial charge < -0.3 is 14.8 Å². The van der Waals surface area contributed by atoms with Crippen molar-refractivity contribution in [3.05, 3.63) is 91.8 Å². The number of halogens is 2. The van der Waals surface area contributed by atoms with Crippen LogP contribution in [0.4, 0.5) is 10.1 Å². The summed E-state index contributed by atoms with van der Waals surface area (Å²) in [6.45, 7) is 3.90. The van der Waals surface area contributed by atoms with Crippen molar-refractivity contribution in [2.75, 3.05) is 12.4 Å². The van der Waals surface area contributed by atoms with Crippen LogP contribution in [0.25, 0.3) is 6.08 Å². The molecule has 33 heavy (non-hydrogen) atoms. The molecule has 0 unspecified atom stereocenters. The van der Waals surface area contributed by atoms with Crippen molar-refractivity contribution >= 4 is 40.3 Å². The molecule has 3 rings (SSSR count). The third-order valence-corrected chi connectivity index (χ3v) is 5.69. The quantitative estimate of drug-likeness (QED) is 0.214. The summed E-state index contributed by atoms with van der Waals surface area (Å²) < 4.78 is 25.9. The number of carbonyl (C=O) groups is 1. The lowest BCUT2D eigenvalue weighted by Crippen LogP contribution is -2.14. The topological polar surface area (TPSA) is 71.3 Å². The molecule has 3 aromatic rings. The van der Waals surface area contributed by atoms with Crippen molar-refractivity contribution in [1.82, 2.24) is 0 Å². The van der Waals surface area contributed by atoms with Gasteiger partial charge in [0.1, 0.15) is 24.1 Å². The summed E-state index contributed by atoms with van der Waals surface area (Å²) in [5.74, 6) is 0.0196. The Hall–Kier alpha value is -3.38. The van der Waals surface area contributed by atoms with Gasteiger partial charge in [0.15, 0.2) is 11.5 Å². The number of amides is 1. The first-order valence-electron chi connectivity index (χ1n) is 10.1. The average molecular weight is 556 g/mol. The lowest BCUT2D eigenvalue weighted by atomic mass is 10.1. The second kappa shape index (κ2) is 11.0.